The fourth-order valence-corrected chi connectivity index (χ4v) is 3.52. The molecular formula is C24H22O6. The van der Waals surface area contributed by atoms with Crippen molar-refractivity contribution in [1.82, 2.24) is 0 Å². The number of hydrogen-bond acceptors (Lipinski definition) is 6. The lowest BCUT2D eigenvalue weighted by Crippen LogP contribution is -2.36. The average Bonchev–Trinajstić information content (AvgIpc) is 3.05. The Labute approximate surface area is 174 Å². The van der Waals surface area contributed by atoms with Gasteiger partial charge in [0.05, 0.1) is 5.56 Å². The summed E-state index contributed by atoms with van der Waals surface area (Å²) in [5.41, 5.74) is 2.92. The van der Waals surface area contributed by atoms with Crippen LogP contribution < -0.4 is 0 Å². The molecule has 6 nitrogen and oxygen atoms in total. The van der Waals surface area contributed by atoms with Crippen molar-refractivity contribution in [3.05, 3.63) is 96.1 Å². The molecule has 5 atom stereocenters. The summed E-state index contributed by atoms with van der Waals surface area (Å²) < 4.78 is 11.0. The highest BCUT2D eigenvalue weighted by Crippen LogP contribution is 2.33. The molecule has 0 amide bonds. The molecule has 1 heterocycles. The fraction of sp³-hybridized carbons (Fsp3) is 0.208. The summed E-state index contributed by atoms with van der Waals surface area (Å²) in [6.45, 7) is 0. The van der Waals surface area contributed by atoms with Crippen LogP contribution in [0.4, 0.5) is 0 Å². The number of benzene rings is 3. The number of esters is 1. The van der Waals surface area contributed by atoms with Gasteiger partial charge in [-0.3, -0.25) is 0 Å². The molecule has 30 heavy (non-hydrogen) atoms. The molecule has 0 aliphatic carbocycles. The van der Waals surface area contributed by atoms with Crippen LogP contribution in [0, 0.1) is 0 Å². The molecule has 6 heteroatoms. The molecule has 0 saturated carbocycles. The molecule has 1 fully saturated rings. The van der Waals surface area contributed by atoms with E-state index in [9.17, 15) is 20.1 Å². The first-order valence-electron chi connectivity index (χ1n) is 9.65. The normalized spacial score (nSPS) is 24.4. The Bertz CT molecular complexity index is 974. The lowest BCUT2D eigenvalue weighted by Gasteiger charge is -2.26. The zero-order chi connectivity index (χ0) is 21.1. The fourth-order valence-electron chi connectivity index (χ4n) is 3.52. The highest BCUT2D eigenvalue weighted by Gasteiger charge is 2.47. The van der Waals surface area contributed by atoms with Crippen molar-refractivity contribution in [3.8, 4) is 11.1 Å². The van der Waals surface area contributed by atoms with Crippen molar-refractivity contribution in [2.75, 3.05) is 0 Å². The quantitative estimate of drug-likeness (QED) is 0.564. The van der Waals surface area contributed by atoms with E-state index < -0.39 is 36.7 Å². The van der Waals surface area contributed by atoms with Gasteiger partial charge in [-0.1, -0.05) is 72.8 Å². The van der Waals surface area contributed by atoms with Crippen LogP contribution >= 0.6 is 0 Å². The molecule has 1 aliphatic rings. The van der Waals surface area contributed by atoms with Gasteiger partial charge < -0.3 is 24.8 Å². The van der Waals surface area contributed by atoms with E-state index in [4.69, 9.17) is 9.47 Å². The maximum Gasteiger partial charge on any atom is 0.338 e. The highest BCUT2D eigenvalue weighted by molar-refractivity contribution is 5.90. The van der Waals surface area contributed by atoms with E-state index in [1.165, 1.54) is 0 Å². The summed E-state index contributed by atoms with van der Waals surface area (Å²) in [6.07, 6.45) is -6.55. The average molecular weight is 406 g/mol. The number of aliphatic hydroxyl groups excluding tert-OH is 3. The number of hydrogen-bond donors (Lipinski definition) is 3. The number of aliphatic hydroxyl groups is 3. The molecule has 1 saturated heterocycles. The Kier molecular flexibility index (Phi) is 5.92. The minimum Gasteiger partial charge on any atom is -0.451 e. The summed E-state index contributed by atoms with van der Waals surface area (Å²) in [7, 11) is 0. The first-order valence-corrected chi connectivity index (χ1v) is 9.65. The molecule has 154 valence electrons. The van der Waals surface area contributed by atoms with Gasteiger partial charge in [0.15, 0.2) is 12.4 Å². The number of ether oxygens (including phenoxy) is 2. The second-order valence-corrected chi connectivity index (χ2v) is 7.15. The molecule has 0 radical (unpaired) electrons. The highest BCUT2D eigenvalue weighted by atomic mass is 16.7. The SMILES string of the molecule is O=C(O[C@H](c1ccccc1)[C@H]1OC(O)[C@H](O)[C@@H]1O)c1ccc(-c2ccccc2)cc1. The molecule has 3 N–H and O–H groups in total. The third-order valence-corrected chi connectivity index (χ3v) is 5.16. The standard InChI is InChI=1S/C24H22O6/c25-19-20(26)24(28)30-22(19)21(17-9-5-2-6-10-17)29-23(27)18-13-11-16(12-14-18)15-7-3-1-4-8-15/h1-14,19-22,24-26,28H/t19-,20+,21+,22-,24?/m0/s1. The Hall–Kier alpha value is -3.03. The monoisotopic (exact) mass is 406 g/mol. The van der Waals surface area contributed by atoms with Gasteiger partial charge in [-0.05, 0) is 28.8 Å². The van der Waals surface area contributed by atoms with Crippen molar-refractivity contribution in [2.45, 2.75) is 30.7 Å². The summed E-state index contributed by atoms with van der Waals surface area (Å²) in [5.74, 6) is -0.602. The second kappa shape index (κ2) is 8.77. The third kappa shape index (κ3) is 4.13. The Morgan fingerprint density at radius 2 is 1.33 bits per heavy atom. The first-order chi connectivity index (χ1) is 14.5. The lowest BCUT2D eigenvalue weighted by atomic mass is 9.99. The van der Waals surface area contributed by atoms with Crippen LogP contribution in [0.25, 0.3) is 11.1 Å². The summed E-state index contributed by atoms with van der Waals surface area (Å²) in [6, 6.07) is 25.6. The van der Waals surface area contributed by atoms with E-state index in [0.717, 1.165) is 11.1 Å². The van der Waals surface area contributed by atoms with Crippen molar-refractivity contribution < 1.29 is 29.6 Å². The van der Waals surface area contributed by atoms with Gasteiger partial charge >= 0.3 is 5.97 Å². The number of carbonyl (C=O) groups excluding carboxylic acids is 1. The zero-order valence-electron chi connectivity index (χ0n) is 16.0. The molecule has 4 rings (SSSR count). The van der Waals surface area contributed by atoms with E-state index in [1.807, 2.05) is 42.5 Å². The lowest BCUT2D eigenvalue weighted by molar-refractivity contribution is -0.148. The van der Waals surface area contributed by atoms with E-state index in [0.29, 0.717) is 11.1 Å². The van der Waals surface area contributed by atoms with Crippen molar-refractivity contribution in [1.29, 1.82) is 0 Å². The van der Waals surface area contributed by atoms with Gasteiger partial charge in [0.1, 0.15) is 18.3 Å². The smallest absolute Gasteiger partial charge is 0.338 e. The largest absolute Gasteiger partial charge is 0.451 e. The third-order valence-electron chi connectivity index (χ3n) is 5.16. The first kappa shape index (κ1) is 20.3. The summed E-state index contributed by atoms with van der Waals surface area (Å²) in [4.78, 5) is 12.8. The molecule has 1 unspecified atom stereocenters. The van der Waals surface area contributed by atoms with Crippen LogP contribution in [-0.2, 0) is 9.47 Å². The van der Waals surface area contributed by atoms with Crippen molar-refractivity contribution in [3.63, 3.8) is 0 Å². The minimum atomic E-state index is -1.56. The Morgan fingerprint density at radius 3 is 1.90 bits per heavy atom. The van der Waals surface area contributed by atoms with Crippen LogP contribution in [0.5, 0.6) is 0 Å². The maximum absolute atomic E-state index is 12.8. The van der Waals surface area contributed by atoms with E-state index in [2.05, 4.69) is 0 Å². The number of carbonyl (C=O) groups is 1. The molecule has 3 aromatic rings. The van der Waals surface area contributed by atoms with E-state index in [1.54, 1.807) is 42.5 Å². The summed E-state index contributed by atoms with van der Waals surface area (Å²) in [5, 5.41) is 29.9. The number of rotatable bonds is 5. The van der Waals surface area contributed by atoms with Crippen LogP contribution in [0.1, 0.15) is 22.0 Å². The Morgan fingerprint density at radius 1 is 0.767 bits per heavy atom. The van der Waals surface area contributed by atoms with Gasteiger partial charge in [0.2, 0.25) is 0 Å². The van der Waals surface area contributed by atoms with Gasteiger partial charge in [-0.2, -0.15) is 0 Å². The van der Waals surface area contributed by atoms with Gasteiger partial charge in [0, 0.05) is 0 Å². The van der Waals surface area contributed by atoms with Crippen LogP contribution in [0.2, 0.25) is 0 Å². The molecule has 0 spiro atoms. The molecular weight excluding hydrogens is 384 g/mol. The molecule has 0 bridgehead atoms. The van der Waals surface area contributed by atoms with Gasteiger partial charge in [-0.25, -0.2) is 4.79 Å². The zero-order valence-corrected chi connectivity index (χ0v) is 16.0. The predicted octanol–water partition coefficient (Wildman–Crippen LogP) is 2.69. The maximum atomic E-state index is 12.8. The van der Waals surface area contributed by atoms with E-state index in [-0.39, 0.29) is 0 Å². The predicted molar refractivity (Wildman–Crippen MR) is 109 cm³/mol. The topological polar surface area (TPSA) is 96.2 Å². The molecule has 0 aromatic heterocycles. The van der Waals surface area contributed by atoms with Crippen molar-refractivity contribution in [2.24, 2.45) is 0 Å². The van der Waals surface area contributed by atoms with Crippen LogP contribution in [0.15, 0.2) is 84.9 Å². The van der Waals surface area contributed by atoms with E-state index >= 15 is 0 Å². The van der Waals surface area contributed by atoms with Crippen molar-refractivity contribution >= 4 is 5.97 Å². The van der Waals surface area contributed by atoms with Gasteiger partial charge in [-0.15, -0.1) is 0 Å². The second-order valence-electron chi connectivity index (χ2n) is 7.15. The Balaban J connectivity index is 1.56. The minimum absolute atomic E-state index is 0.337. The molecule has 3 aromatic carbocycles. The van der Waals surface area contributed by atoms with Gasteiger partial charge in [0.25, 0.3) is 0 Å². The summed E-state index contributed by atoms with van der Waals surface area (Å²) >= 11 is 0. The van der Waals surface area contributed by atoms with Crippen LogP contribution in [-0.4, -0.2) is 45.9 Å². The molecule has 1 aliphatic heterocycles. The van der Waals surface area contributed by atoms with Crippen LogP contribution in [0.3, 0.4) is 0 Å².